The molecule has 2 rings (SSSR count). The van der Waals surface area contributed by atoms with Crippen molar-refractivity contribution in [3.63, 3.8) is 0 Å². The number of hydrogen-bond acceptors (Lipinski definition) is 2. The highest BCUT2D eigenvalue weighted by atomic mass is 35.5. The summed E-state index contributed by atoms with van der Waals surface area (Å²) in [5, 5.41) is 3.11. The molecule has 0 saturated heterocycles. The van der Waals surface area contributed by atoms with Crippen LogP contribution in [-0.4, -0.2) is 6.09 Å². The fourth-order valence-corrected chi connectivity index (χ4v) is 1.87. The minimum atomic E-state index is -0.519. The first-order chi connectivity index (χ1) is 9.15. The second-order valence-corrected chi connectivity index (χ2v) is 4.58. The van der Waals surface area contributed by atoms with Crippen molar-refractivity contribution in [2.24, 2.45) is 0 Å². The molecule has 0 atom stereocenters. The van der Waals surface area contributed by atoms with E-state index in [1.165, 1.54) is 0 Å². The molecular formula is C15H14ClNO2. The molecule has 0 aromatic heterocycles. The van der Waals surface area contributed by atoms with Crippen molar-refractivity contribution in [3.05, 3.63) is 64.7 Å². The van der Waals surface area contributed by atoms with Crippen LogP contribution >= 0.6 is 11.6 Å². The van der Waals surface area contributed by atoms with E-state index in [1.807, 2.05) is 43.3 Å². The number of halogens is 1. The third kappa shape index (κ3) is 4.00. The van der Waals surface area contributed by atoms with Gasteiger partial charge >= 0.3 is 6.09 Å². The van der Waals surface area contributed by atoms with Crippen molar-refractivity contribution in [3.8, 4) is 0 Å². The normalized spacial score (nSPS) is 10.0. The van der Waals surface area contributed by atoms with Crippen molar-refractivity contribution >= 4 is 23.4 Å². The summed E-state index contributed by atoms with van der Waals surface area (Å²) >= 11 is 6.02. The Hall–Kier alpha value is -2.00. The summed E-state index contributed by atoms with van der Waals surface area (Å²) in [5.74, 6) is 0. The number of hydrogen-bond donors (Lipinski definition) is 1. The maximum atomic E-state index is 11.6. The fraction of sp³-hybridized carbons (Fsp3) is 0.133. The molecule has 19 heavy (non-hydrogen) atoms. The van der Waals surface area contributed by atoms with Gasteiger partial charge in [0.05, 0.1) is 10.7 Å². The van der Waals surface area contributed by atoms with Gasteiger partial charge in [-0.1, -0.05) is 48.0 Å². The summed E-state index contributed by atoms with van der Waals surface area (Å²) in [7, 11) is 0. The van der Waals surface area contributed by atoms with Crippen LogP contribution in [0.25, 0.3) is 0 Å². The predicted molar refractivity (Wildman–Crippen MR) is 76.4 cm³/mol. The predicted octanol–water partition coefficient (Wildman–Crippen LogP) is 4.40. The Morgan fingerprint density at radius 3 is 2.63 bits per heavy atom. The average molecular weight is 276 g/mol. The molecule has 3 nitrogen and oxygen atoms in total. The highest BCUT2D eigenvalue weighted by Crippen LogP contribution is 2.22. The average Bonchev–Trinajstić information content (AvgIpc) is 2.41. The Morgan fingerprint density at radius 2 is 1.95 bits per heavy atom. The quantitative estimate of drug-likeness (QED) is 0.902. The SMILES string of the molecule is Cc1ccc(NC(=O)OCc2ccccc2)c(Cl)c1. The number of carbonyl (C=O) groups excluding carboxylic acids is 1. The van der Waals surface area contributed by atoms with Crippen molar-refractivity contribution in [2.75, 3.05) is 5.32 Å². The van der Waals surface area contributed by atoms with Crippen molar-refractivity contribution < 1.29 is 9.53 Å². The Kier molecular flexibility index (Phi) is 4.42. The van der Waals surface area contributed by atoms with Crippen molar-refractivity contribution in [1.29, 1.82) is 0 Å². The Labute approximate surface area is 117 Å². The van der Waals surface area contributed by atoms with Crippen LogP contribution in [0.1, 0.15) is 11.1 Å². The zero-order chi connectivity index (χ0) is 13.7. The summed E-state index contributed by atoms with van der Waals surface area (Å²) < 4.78 is 5.11. The van der Waals surface area contributed by atoms with Crippen LogP contribution in [0.5, 0.6) is 0 Å². The van der Waals surface area contributed by atoms with E-state index in [1.54, 1.807) is 12.1 Å². The van der Waals surface area contributed by atoms with Crippen molar-refractivity contribution in [2.45, 2.75) is 13.5 Å². The van der Waals surface area contributed by atoms with Gasteiger partial charge in [0, 0.05) is 0 Å². The lowest BCUT2D eigenvalue weighted by Crippen LogP contribution is -2.13. The van der Waals surface area contributed by atoms with Gasteiger partial charge in [-0.05, 0) is 30.2 Å². The molecule has 0 unspecified atom stereocenters. The zero-order valence-corrected chi connectivity index (χ0v) is 11.3. The fourth-order valence-electron chi connectivity index (χ4n) is 1.59. The number of benzene rings is 2. The first-order valence-corrected chi connectivity index (χ1v) is 6.27. The van der Waals surface area contributed by atoms with Gasteiger partial charge in [-0.25, -0.2) is 4.79 Å². The molecule has 0 aliphatic heterocycles. The van der Waals surface area contributed by atoms with Gasteiger partial charge in [0.2, 0.25) is 0 Å². The molecular weight excluding hydrogens is 262 g/mol. The molecule has 2 aromatic carbocycles. The van der Waals surface area contributed by atoms with Gasteiger partial charge in [0.25, 0.3) is 0 Å². The molecule has 0 saturated carbocycles. The van der Waals surface area contributed by atoms with Crippen molar-refractivity contribution in [1.82, 2.24) is 0 Å². The lowest BCUT2D eigenvalue weighted by molar-refractivity contribution is 0.155. The maximum Gasteiger partial charge on any atom is 0.412 e. The molecule has 0 aliphatic carbocycles. The molecule has 2 aromatic rings. The Bertz CT molecular complexity index is 570. The summed E-state index contributed by atoms with van der Waals surface area (Å²) in [6.07, 6.45) is -0.519. The summed E-state index contributed by atoms with van der Waals surface area (Å²) in [4.78, 5) is 11.6. The number of ether oxygens (including phenoxy) is 1. The Balaban J connectivity index is 1.91. The maximum absolute atomic E-state index is 11.6. The lowest BCUT2D eigenvalue weighted by atomic mass is 10.2. The highest BCUT2D eigenvalue weighted by molar-refractivity contribution is 6.33. The van der Waals surface area contributed by atoms with Crippen LogP contribution in [0.4, 0.5) is 10.5 Å². The van der Waals surface area contributed by atoms with Crippen LogP contribution in [0, 0.1) is 6.92 Å². The van der Waals surface area contributed by atoms with E-state index in [4.69, 9.17) is 16.3 Å². The van der Waals surface area contributed by atoms with E-state index < -0.39 is 6.09 Å². The number of anilines is 1. The third-order valence-corrected chi connectivity index (χ3v) is 2.89. The van der Waals surface area contributed by atoms with Gasteiger partial charge in [-0.3, -0.25) is 5.32 Å². The second kappa shape index (κ2) is 6.25. The first kappa shape index (κ1) is 13.4. The topological polar surface area (TPSA) is 38.3 Å². The largest absolute Gasteiger partial charge is 0.444 e. The van der Waals surface area contributed by atoms with Crippen LogP contribution in [0.2, 0.25) is 5.02 Å². The van der Waals surface area contributed by atoms with E-state index >= 15 is 0 Å². The third-order valence-electron chi connectivity index (χ3n) is 2.57. The van der Waals surface area contributed by atoms with E-state index in [0.29, 0.717) is 10.7 Å². The molecule has 98 valence electrons. The molecule has 0 bridgehead atoms. The minimum Gasteiger partial charge on any atom is -0.444 e. The van der Waals surface area contributed by atoms with E-state index in [0.717, 1.165) is 11.1 Å². The molecule has 4 heteroatoms. The number of aryl methyl sites for hydroxylation is 1. The van der Waals surface area contributed by atoms with Gasteiger partial charge < -0.3 is 4.74 Å². The summed E-state index contributed by atoms with van der Waals surface area (Å²) in [6, 6.07) is 14.9. The van der Waals surface area contributed by atoms with E-state index in [9.17, 15) is 4.79 Å². The molecule has 0 radical (unpaired) electrons. The number of rotatable bonds is 3. The number of carbonyl (C=O) groups is 1. The van der Waals surface area contributed by atoms with Gasteiger partial charge in [0.1, 0.15) is 6.61 Å². The van der Waals surface area contributed by atoms with Crippen LogP contribution in [-0.2, 0) is 11.3 Å². The standard InChI is InChI=1S/C15H14ClNO2/c1-11-7-8-14(13(16)9-11)17-15(18)19-10-12-5-3-2-4-6-12/h2-9H,10H2,1H3,(H,17,18). The van der Waals surface area contributed by atoms with Gasteiger partial charge in [0.15, 0.2) is 0 Å². The first-order valence-electron chi connectivity index (χ1n) is 5.89. The zero-order valence-electron chi connectivity index (χ0n) is 10.5. The van der Waals surface area contributed by atoms with Crippen LogP contribution in [0.3, 0.4) is 0 Å². The van der Waals surface area contributed by atoms with Gasteiger partial charge in [-0.2, -0.15) is 0 Å². The lowest BCUT2D eigenvalue weighted by Gasteiger charge is -2.08. The number of nitrogens with one attached hydrogen (secondary N) is 1. The molecule has 0 aliphatic rings. The highest BCUT2D eigenvalue weighted by Gasteiger charge is 2.06. The number of amides is 1. The molecule has 1 amide bonds. The molecule has 0 spiro atoms. The van der Waals surface area contributed by atoms with E-state index in [2.05, 4.69) is 5.32 Å². The van der Waals surface area contributed by atoms with Gasteiger partial charge in [-0.15, -0.1) is 0 Å². The van der Waals surface area contributed by atoms with Crippen LogP contribution < -0.4 is 5.32 Å². The summed E-state index contributed by atoms with van der Waals surface area (Å²) in [5.41, 5.74) is 2.52. The molecule has 0 heterocycles. The minimum absolute atomic E-state index is 0.232. The smallest absolute Gasteiger partial charge is 0.412 e. The second-order valence-electron chi connectivity index (χ2n) is 4.17. The Morgan fingerprint density at radius 1 is 1.21 bits per heavy atom. The van der Waals surface area contributed by atoms with Crippen LogP contribution in [0.15, 0.2) is 48.5 Å². The monoisotopic (exact) mass is 275 g/mol. The molecule has 1 N–H and O–H groups in total. The summed E-state index contributed by atoms with van der Waals surface area (Å²) in [6.45, 7) is 2.17. The van der Waals surface area contributed by atoms with E-state index in [-0.39, 0.29) is 6.61 Å². The molecule has 0 fully saturated rings.